The summed E-state index contributed by atoms with van der Waals surface area (Å²) in [6, 6.07) is 10.7. The fraction of sp³-hybridized carbons (Fsp3) is 0.0667. The fourth-order valence-corrected chi connectivity index (χ4v) is 1.75. The highest BCUT2D eigenvalue weighted by molar-refractivity contribution is 5.90. The molecule has 7 nitrogen and oxygen atoms in total. The molecule has 8 heteroatoms. The van der Waals surface area contributed by atoms with Gasteiger partial charge in [-0.15, -0.1) is 0 Å². The summed E-state index contributed by atoms with van der Waals surface area (Å²) in [7, 11) is 0. The molecule has 0 unspecified atom stereocenters. The lowest BCUT2D eigenvalue weighted by molar-refractivity contribution is -0.384. The number of hydrogen-bond acceptors (Lipinski definition) is 5. The molecule has 2 N–H and O–H groups in total. The molecule has 0 atom stereocenters. The molecule has 0 spiro atoms. The molecule has 0 heterocycles. The molecule has 0 aliphatic carbocycles. The number of benzene rings is 2. The van der Waals surface area contributed by atoms with Crippen molar-refractivity contribution in [2.45, 2.75) is 6.42 Å². The molecule has 23 heavy (non-hydrogen) atoms. The van der Waals surface area contributed by atoms with Gasteiger partial charge in [0.1, 0.15) is 11.7 Å². The molecule has 0 radical (unpaired) electrons. The van der Waals surface area contributed by atoms with Crippen LogP contribution in [-0.2, 0) is 11.3 Å². The van der Waals surface area contributed by atoms with Gasteiger partial charge in [-0.2, -0.15) is 0 Å². The van der Waals surface area contributed by atoms with E-state index in [9.17, 15) is 19.3 Å². The van der Waals surface area contributed by atoms with Crippen molar-refractivity contribution in [3.8, 4) is 0 Å². The number of amidine groups is 1. The van der Waals surface area contributed by atoms with Crippen LogP contribution < -0.4 is 5.73 Å². The molecule has 0 saturated heterocycles. The summed E-state index contributed by atoms with van der Waals surface area (Å²) in [4.78, 5) is 26.3. The highest BCUT2D eigenvalue weighted by Gasteiger charge is 2.09. The van der Waals surface area contributed by atoms with Crippen LogP contribution in [0.25, 0.3) is 0 Å². The maximum atomic E-state index is 13.0. The molecule has 0 aromatic heterocycles. The number of nitro groups is 1. The van der Waals surface area contributed by atoms with E-state index >= 15 is 0 Å². The van der Waals surface area contributed by atoms with Gasteiger partial charge in [0, 0.05) is 18.6 Å². The van der Waals surface area contributed by atoms with E-state index in [4.69, 9.17) is 5.73 Å². The Bertz CT molecular complexity index is 760. The Labute approximate surface area is 130 Å². The molecule has 0 amide bonds. The lowest BCUT2D eigenvalue weighted by atomic mass is 10.1. The first-order valence-corrected chi connectivity index (χ1v) is 6.48. The van der Waals surface area contributed by atoms with Crippen molar-refractivity contribution >= 4 is 17.5 Å². The normalized spacial score (nSPS) is 11.1. The standard InChI is InChI=1S/C15H12FN3O4/c16-12-3-1-2-11(9-12)15(20)23-18-14(17)8-10-4-6-13(7-5-10)19(21)22/h1-7,9H,8H2,(H2,17,18). The number of oxime groups is 1. The van der Waals surface area contributed by atoms with Gasteiger partial charge in [0.2, 0.25) is 0 Å². The SMILES string of the molecule is N/C(Cc1ccc([N+](=O)[O-])cc1)=N\OC(=O)c1cccc(F)c1. The zero-order chi connectivity index (χ0) is 16.8. The van der Waals surface area contributed by atoms with Gasteiger partial charge in [-0.25, -0.2) is 9.18 Å². The Balaban J connectivity index is 1.97. The summed E-state index contributed by atoms with van der Waals surface area (Å²) in [5, 5.41) is 14.0. The van der Waals surface area contributed by atoms with E-state index in [1.807, 2.05) is 0 Å². The Kier molecular flexibility index (Phi) is 4.98. The van der Waals surface area contributed by atoms with Crippen LogP contribution in [0.2, 0.25) is 0 Å². The number of nitrogens with two attached hydrogens (primary N) is 1. The predicted molar refractivity (Wildman–Crippen MR) is 80.2 cm³/mol. The van der Waals surface area contributed by atoms with Crippen molar-refractivity contribution in [2.24, 2.45) is 10.9 Å². The van der Waals surface area contributed by atoms with Crippen molar-refractivity contribution in [3.63, 3.8) is 0 Å². The summed E-state index contributed by atoms with van der Waals surface area (Å²) < 4.78 is 13.0. The van der Waals surface area contributed by atoms with E-state index in [-0.39, 0.29) is 23.5 Å². The molecule has 0 aliphatic heterocycles. The number of carbonyl (C=O) groups excluding carboxylic acids is 1. The van der Waals surface area contributed by atoms with Gasteiger partial charge in [0.05, 0.1) is 10.5 Å². The second kappa shape index (κ2) is 7.12. The maximum Gasteiger partial charge on any atom is 0.365 e. The molecule has 118 valence electrons. The maximum absolute atomic E-state index is 13.0. The Morgan fingerprint density at radius 3 is 2.57 bits per heavy atom. The quantitative estimate of drug-likeness (QED) is 0.299. The van der Waals surface area contributed by atoms with Gasteiger partial charge in [-0.05, 0) is 23.8 Å². The van der Waals surface area contributed by atoms with E-state index < -0.39 is 16.7 Å². The van der Waals surface area contributed by atoms with Crippen LogP contribution in [0.3, 0.4) is 0 Å². The van der Waals surface area contributed by atoms with Crippen molar-refractivity contribution in [3.05, 3.63) is 75.6 Å². The molecule has 0 bridgehead atoms. The number of hydrogen-bond donors (Lipinski definition) is 1. The summed E-state index contributed by atoms with van der Waals surface area (Å²) in [5.41, 5.74) is 6.26. The van der Waals surface area contributed by atoms with Crippen molar-refractivity contribution in [1.29, 1.82) is 0 Å². The first-order chi connectivity index (χ1) is 11.0. The van der Waals surface area contributed by atoms with Gasteiger partial charge < -0.3 is 10.6 Å². The van der Waals surface area contributed by atoms with Crippen LogP contribution in [0.1, 0.15) is 15.9 Å². The van der Waals surface area contributed by atoms with Crippen LogP contribution in [0.4, 0.5) is 10.1 Å². The third-order valence-corrected chi connectivity index (χ3v) is 2.84. The molecule has 0 aliphatic rings. The summed E-state index contributed by atoms with van der Waals surface area (Å²) in [6.45, 7) is 0. The Morgan fingerprint density at radius 2 is 1.96 bits per heavy atom. The zero-order valence-corrected chi connectivity index (χ0v) is 11.8. The average molecular weight is 317 g/mol. The van der Waals surface area contributed by atoms with Crippen LogP contribution in [-0.4, -0.2) is 16.7 Å². The van der Waals surface area contributed by atoms with Gasteiger partial charge >= 0.3 is 5.97 Å². The monoisotopic (exact) mass is 317 g/mol. The minimum atomic E-state index is -0.837. The highest BCUT2D eigenvalue weighted by Crippen LogP contribution is 2.12. The Hall–Kier alpha value is -3.29. The molecular formula is C15H12FN3O4. The third kappa shape index (κ3) is 4.60. The molecular weight excluding hydrogens is 305 g/mol. The molecule has 0 saturated carbocycles. The second-order valence-electron chi connectivity index (χ2n) is 4.57. The van der Waals surface area contributed by atoms with Crippen molar-refractivity contribution in [1.82, 2.24) is 0 Å². The number of carbonyl (C=O) groups is 1. The Morgan fingerprint density at radius 1 is 1.26 bits per heavy atom. The predicted octanol–water partition coefficient (Wildman–Crippen LogP) is 2.41. The summed E-state index contributed by atoms with van der Waals surface area (Å²) in [6.07, 6.45) is 0.147. The molecule has 2 aromatic carbocycles. The topological polar surface area (TPSA) is 108 Å². The number of halogens is 1. The smallest absolute Gasteiger partial charge is 0.365 e. The van der Waals surface area contributed by atoms with Crippen LogP contribution in [0.15, 0.2) is 53.7 Å². The van der Waals surface area contributed by atoms with Crippen LogP contribution >= 0.6 is 0 Å². The largest absolute Gasteiger partial charge is 0.384 e. The summed E-state index contributed by atoms with van der Waals surface area (Å²) >= 11 is 0. The van der Waals surface area contributed by atoms with E-state index in [2.05, 4.69) is 9.99 Å². The number of nitro benzene ring substituents is 1. The van der Waals surface area contributed by atoms with Crippen LogP contribution in [0, 0.1) is 15.9 Å². The lowest BCUT2D eigenvalue weighted by Gasteiger charge is -2.02. The average Bonchev–Trinajstić information content (AvgIpc) is 2.53. The van der Waals surface area contributed by atoms with Gasteiger partial charge in [-0.3, -0.25) is 10.1 Å². The molecule has 0 fully saturated rings. The summed E-state index contributed by atoms with van der Waals surface area (Å²) in [5.74, 6) is -1.40. The van der Waals surface area contributed by atoms with Gasteiger partial charge in [-0.1, -0.05) is 23.4 Å². The van der Waals surface area contributed by atoms with E-state index in [1.54, 1.807) is 0 Å². The minimum absolute atomic E-state index is 0.00334. The number of rotatable bonds is 5. The first kappa shape index (κ1) is 16.1. The van der Waals surface area contributed by atoms with Crippen molar-refractivity contribution < 1.29 is 18.9 Å². The number of nitrogens with zero attached hydrogens (tertiary/aromatic N) is 2. The first-order valence-electron chi connectivity index (χ1n) is 6.48. The number of non-ortho nitro benzene ring substituents is 1. The third-order valence-electron chi connectivity index (χ3n) is 2.84. The second-order valence-corrected chi connectivity index (χ2v) is 4.57. The molecule has 2 aromatic rings. The lowest BCUT2D eigenvalue weighted by Crippen LogP contribution is -2.16. The van der Waals surface area contributed by atoms with Crippen LogP contribution in [0.5, 0.6) is 0 Å². The van der Waals surface area contributed by atoms with Gasteiger partial charge in [0.15, 0.2) is 0 Å². The fourth-order valence-electron chi connectivity index (χ4n) is 1.75. The van der Waals surface area contributed by atoms with E-state index in [0.717, 1.165) is 6.07 Å². The zero-order valence-electron chi connectivity index (χ0n) is 11.8. The minimum Gasteiger partial charge on any atom is -0.384 e. The van der Waals surface area contributed by atoms with E-state index in [1.165, 1.54) is 42.5 Å². The van der Waals surface area contributed by atoms with Gasteiger partial charge in [0.25, 0.3) is 5.69 Å². The highest BCUT2D eigenvalue weighted by atomic mass is 19.1. The van der Waals surface area contributed by atoms with Crippen molar-refractivity contribution in [2.75, 3.05) is 0 Å². The molecule has 2 rings (SSSR count). The van der Waals surface area contributed by atoms with E-state index in [0.29, 0.717) is 5.56 Å².